The molecular weight excluding hydrogens is 256 g/mol. The smallest absolute Gasteiger partial charge is 0.122 e. The fourth-order valence-corrected chi connectivity index (χ4v) is 2.44. The highest BCUT2D eigenvalue weighted by Crippen LogP contribution is 2.34. The highest BCUT2D eigenvalue weighted by atomic mass is 35.5. The van der Waals surface area contributed by atoms with Crippen LogP contribution in [0.5, 0.6) is 5.75 Å². The van der Waals surface area contributed by atoms with Crippen molar-refractivity contribution in [1.29, 1.82) is 0 Å². The lowest BCUT2D eigenvalue weighted by molar-refractivity contribution is 0.414. The minimum absolute atomic E-state index is 0.624. The molecule has 2 aromatic rings. The van der Waals surface area contributed by atoms with Gasteiger partial charge in [0.25, 0.3) is 0 Å². The lowest BCUT2D eigenvalue weighted by Crippen LogP contribution is -1.89. The van der Waals surface area contributed by atoms with Gasteiger partial charge in [0.2, 0.25) is 0 Å². The molecule has 0 saturated heterocycles. The Morgan fingerprint density at radius 3 is 2.88 bits per heavy atom. The first-order valence-corrected chi connectivity index (χ1v) is 6.11. The summed E-state index contributed by atoms with van der Waals surface area (Å²) in [6.45, 7) is 0. The lowest BCUT2D eigenvalue weighted by atomic mass is 10.3. The van der Waals surface area contributed by atoms with Gasteiger partial charge in [-0.15, -0.1) is 0 Å². The van der Waals surface area contributed by atoms with Crippen molar-refractivity contribution >= 4 is 29.1 Å². The number of anilines is 1. The molecule has 17 heavy (non-hydrogen) atoms. The van der Waals surface area contributed by atoms with Crippen LogP contribution in [0.4, 0.5) is 5.69 Å². The van der Waals surface area contributed by atoms with Crippen LogP contribution in [0.3, 0.4) is 0 Å². The molecular formula is C12H11ClN2OS. The molecule has 88 valence electrons. The van der Waals surface area contributed by atoms with E-state index in [1.165, 1.54) is 11.8 Å². The molecule has 0 radical (unpaired) electrons. The van der Waals surface area contributed by atoms with E-state index in [0.29, 0.717) is 10.7 Å². The van der Waals surface area contributed by atoms with Crippen LogP contribution in [0.2, 0.25) is 5.02 Å². The Hall–Kier alpha value is -1.39. The molecule has 0 atom stereocenters. The number of nitrogen functional groups attached to an aromatic ring is 1. The summed E-state index contributed by atoms with van der Waals surface area (Å²) in [7, 11) is 1.61. The highest BCUT2D eigenvalue weighted by molar-refractivity contribution is 7.99. The van der Waals surface area contributed by atoms with Crippen molar-refractivity contribution in [1.82, 2.24) is 4.98 Å². The van der Waals surface area contributed by atoms with Crippen LogP contribution in [0, 0.1) is 0 Å². The Balaban J connectivity index is 2.30. The van der Waals surface area contributed by atoms with Crippen LogP contribution in [0.1, 0.15) is 0 Å². The summed E-state index contributed by atoms with van der Waals surface area (Å²) >= 11 is 7.50. The topological polar surface area (TPSA) is 48.1 Å². The molecule has 1 heterocycles. The normalized spacial score (nSPS) is 10.2. The Bertz CT molecular complexity index is 534. The maximum Gasteiger partial charge on any atom is 0.122 e. The van der Waals surface area contributed by atoms with Crippen molar-refractivity contribution in [3.8, 4) is 5.75 Å². The first-order chi connectivity index (χ1) is 8.19. The molecule has 0 saturated carbocycles. The van der Waals surface area contributed by atoms with Gasteiger partial charge in [-0.25, -0.2) is 4.98 Å². The SMILES string of the molecule is COc1cc(N)cc(Sc2ncccc2Cl)c1. The fraction of sp³-hybridized carbons (Fsp3) is 0.0833. The second-order valence-electron chi connectivity index (χ2n) is 3.33. The van der Waals surface area contributed by atoms with E-state index >= 15 is 0 Å². The number of hydrogen-bond donors (Lipinski definition) is 1. The highest BCUT2D eigenvalue weighted by Gasteiger charge is 2.05. The van der Waals surface area contributed by atoms with Gasteiger partial charge in [0.15, 0.2) is 0 Å². The number of benzene rings is 1. The largest absolute Gasteiger partial charge is 0.497 e. The third-order valence-corrected chi connectivity index (χ3v) is 3.48. The number of aromatic nitrogens is 1. The Labute approximate surface area is 109 Å². The first-order valence-electron chi connectivity index (χ1n) is 4.92. The lowest BCUT2D eigenvalue weighted by Gasteiger charge is -2.06. The van der Waals surface area contributed by atoms with Gasteiger partial charge in [-0.05, 0) is 24.3 Å². The molecule has 5 heteroatoms. The van der Waals surface area contributed by atoms with E-state index in [1.807, 2.05) is 12.1 Å². The minimum Gasteiger partial charge on any atom is -0.497 e. The number of pyridine rings is 1. The summed E-state index contributed by atoms with van der Waals surface area (Å²) in [4.78, 5) is 5.15. The second kappa shape index (κ2) is 5.29. The molecule has 0 aliphatic rings. The number of hydrogen-bond acceptors (Lipinski definition) is 4. The molecule has 1 aromatic carbocycles. The molecule has 0 aliphatic carbocycles. The number of halogens is 1. The van der Waals surface area contributed by atoms with Crippen molar-refractivity contribution < 1.29 is 4.74 Å². The van der Waals surface area contributed by atoms with Crippen LogP contribution in [0.25, 0.3) is 0 Å². The molecule has 0 amide bonds. The summed E-state index contributed by atoms with van der Waals surface area (Å²) in [5, 5.41) is 1.38. The van der Waals surface area contributed by atoms with E-state index in [0.717, 1.165) is 15.7 Å². The summed E-state index contributed by atoms with van der Waals surface area (Å²) in [6.07, 6.45) is 1.71. The van der Waals surface area contributed by atoms with E-state index in [2.05, 4.69) is 4.98 Å². The van der Waals surface area contributed by atoms with E-state index in [1.54, 1.807) is 31.5 Å². The van der Waals surface area contributed by atoms with E-state index < -0.39 is 0 Å². The van der Waals surface area contributed by atoms with Crippen molar-refractivity contribution in [2.75, 3.05) is 12.8 Å². The Morgan fingerprint density at radius 2 is 2.18 bits per heavy atom. The van der Waals surface area contributed by atoms with Crippen molar-refractivity contribution in [2.45, 2.75) is 9.92 Å². The molecule has 2 N–H and O–H groups in total. The van der Waals surface area contributed by atoms with Gasteiger partial charge in [-0.3, -0.25) is 0 Å². The number of rotatable bonds is 3. The molecule has 0 fully saturated rings. The molecule has 2 rings (SSSR count). The van der Waals surface area contributed by atoms with Crippen LogP contribution < -0.4 is 10.5 Å². The average Bonchev–Trinajstić information content (AvgIpc) is 2.31. The first kappa shape index (κ1) is 12.1. The van der Waals surface area contributed by atoms with Crippen LogP contribution in [-0.2, 0) is 0 Å². The summed E-state index contributed by atoms with van der Waals surface area (Å²) in [5.41, 5.74) is 6.43. The third kappa shape index (κ3) is 3.05. The number of nitrogens with two attached hydrogens (primary N) is 1. The molecule has 3 nitrogen and oxygen atoms in total. The second-order valence-corrected chi connectivity index (χ2v) is 4.80. The predicted octanol–water partition coefficient (Wildman–Crippen LogP) is 3.48. The molecule has 0 aliphatic heterocycles. The zero-order valence-corrected chi connectivity index (χ0v) is 10.8. The van der Waals surface area contributed by atoms with Crippen molar-refractivity contribution in [2.24, 2.45) is 0 Å². The Morgan fingerprint density at radius 1 is 1.35 bits per heavy atom. The number of nitrogens with zero attached hydrogens (tertiary/aromatic N) is 1. The molecule has 0 bridgehead atoms. The van der Waals surface area contributed by atoms with E-state index in [4.69, 9.17) is 22.1 Å². The number of methoxy groups -OCH3 is 1. The van der Waals surface area contributed by atoms with Gasteiger partial charge in [-0.1, -0.05) is 23.4 Å². The maximum atomic E-state index is 6.04. The third-order valence-electron chi connectivity index (χ3n) is 2.08. The van der Waals surface area contributed by atoms with Gasteiger partial charge in [0.1, 0.15) is 10.8 Å². The van der Waals surface area contributed by atoms with Gasteiger partial charge >= 0.3 is 0 Å². The quantitative estimate of drug-likeness (QED) is 0.864. The van der Waals surface area contributed by atoms with E-state index in [9.17, 15) is 0 Å². The van der Waals surface area contributed by atoms with Crippen LogP contribution >= 0.6 is 23.4 Å². The summed E-state index contributed by atoms with van der Waals surface area (Å²) in [6, 6.07) is 9.13. The fourth-order valence-electron chi connectivity index (χ4n) is 1.33. The van der Waals surface area contributed by atoms with Crippen molar-refractivity contribution in [3.05, 3.63) is 41.6 Å². The maximum absolute atomic E-state index is 6.04. The van der Waals surface area contributed by atoms with Crippen LogP contribution in [0.15, 0.2) is 46.5 Å². The zero-order chi connectivity index (χ0) is 12.3. The summed E-state index contributed by atoms with van der Waals surface area (Å²) < 4.78 is 5.16. The Kier molecular flexibility index (Phi) is 3.76. The van der Waals surface area contributed by atoms with Crippen LogP contribution in [-0.4, -0.2) is 12.1 Å². The zero-order valence-electron chi connectivity index (χ0n) is 9.18. The summed E-state index contributed by atoms with van der Waals surface area (Å²) in [5.74, 6) is 0.722. The molecule has 0 unspecified atom stereocenters. The van der Waals surface area contributed by atoms with Crippen molar-refractivity contribution in [3.63, 3.8) is 0 Å². The standard InChI is InChI=1S/C12H11ClN2OS/c1-16-9-5-8(14)6-10(7-9)17-12-11(13)3-2-4-15-12/h2-7H,14H2,1H3. The van der Waals surface area contributed by atoms with Gasteiger partial charge in [-0.2, -0.15) is 0 Å². The minimum atomic E-state index is 0.624. The van der Waals surface area contributed by atoms with Gasteiger partial charge < -0.3 is 10.5 Å². The van der Waals surface area contributed by atoms with Gasteiger partial charge in [0, 0.05) is 22.8 Å². The average molecular weight is 267 g/mol. The molecule has 1 aromatic heterocycles. The molecule has 0 spiro atoms. The van der Waals surface area contributed by atoms with Gasteiger partial charge in [0.05, 0.1) is 12.1 Å². The van der Waals surface area contributed by atoms with E-state index in [-0.39, 0.29) is 0 Å². The predicted molar refractivity (Wildman–Crippen MR) is 70.8 cm³/mol. The monoisotopic (exact) mass is 266 g/mol. The number of ether oxygens (including phenoxy) is 1.